The zero-order chi connectivity index (χ0) is 19.7. The smallest absolute Gasteiger partial charge is 0.263 e. The number of aromatic nitrogens is 1. The molecule has 160 valence electrons. The number of morpholine rings is 1. The average molecular weight is 524 g/mol. The predicted octanol–water partition coefficient (Wildman–Crippen LogP) is 1.47. The second kappa shape index (κ2) is 12.6. The first kappa shape index (κ1) is 25.1. The van der Waals surface area contributed by atoms with Crippen LogP contribution in [-0.4, -0.2) is 79.8 Å². The summed E-state index contributed by atoms with van der Waals surface area (Å²) < 4.78 is 5.44. The molecule has 1 amide bonds. The third-order valence-corrected chi connectivity index (χ3v) is 5.42. The molecule has 1 aliphatic heterocycles. The third-order valence-electron chi connectivity index (χ3n) is 4.49. The van der Waals surface area contributed by atoms with Gasteiger partial charge in [0.25, 0.3) is 5.91 Å². The van der Waals surface area contributed by atoms with Gasteiger partial charge in [0.1, 0.15) is 4.88 Å². The lowest BCUT2D eigenvalue weighted by Gasteiger charge is -2.39. The molecule has 0 saturated carbocycles. The van der Waals surface area contributed by atoms with E-state index in [9.17, 15) is 4.79 Å². The molecular weight excluding hydrogens is 491 g/mol. The summed E-state index contributed by atoms with van der Waals surface area (Å²) in [6.07, 6.45) is 0. The van der Waals surface area contributed by atoms with Crippen molar-refractivity contribution in [1.82, 2.24) is 25.8 Å². The first-order chi connectivity index (χ1) is 12.9. The van der Waals surface area contributed by atoms with Crippen LogP contribution in [0.15, 0.2) is 10.5 Å². The van der Waals surface area contributed by atoms with E-state index in [1.807, 2.05) is 13.8 Å². The summed E-state index contributed by atoms with van der Waals surface area (Å²) in [7, 11) is 0. The maximum Gasteiger partial charge on any atom is 0.263 e. The molecule has 0 radical (unpaired) electrons. The summed E-state index contributed by atoms with van der Waals surface area (Å²) in [5.74, 6) is 0.689. The highest BCUT2D eigenvalue weighted by molar-refractivity contribution is 14.0. The molecule has 0 unspecified atom stereocenters. The number of aryl methyl sites for hydroxylation is 1. The highest BCUT2D eigenvalue weighted by atomic mass is 127. The van der Waals surface area contributed by atoms with Crippen molar-refractivity contribution in [2.45, 2.75) is 33.2 Å². The van der Waals surface area contributed by atoms with Crippen molar-refractivity contribution in [3.05, 3.63) is 16.1 Å². The topological polar surface area (TPSA) is 90.9 Å². The number of aliphatic imine (C=N–C) groups is 1. The number of nitrogens with one attached hydrogen (secondary N) is 3. The van der Waals surface area contributed by atoms with Crippen LogP contribution in [0.5, 0.6) is 0 Å². The Kier molecular flexibility index (Phi) is 11.2. The number of rotatable bonds is 8. The normalized spacial score (nSPS) is 15.6. The number of halogens is 1. The summed E-state index contributed by atoms with van der Waals surface area (Å²) in [5, 5.41) is 9.45. The van der Waals surface area contributed by atoms with Gasteiger partial charge >= 0.3 is 0 Å². The number of hydrogen-bond acceptors (Lipinski definition) is 6. The zero-order valence-electron chi connectivity index (χ0n) is 17.2. The van der Waals surface area contributed by atoms with Crippen LogP contribution in [0.4, 0.5) is 0 Å². The predicted molar refractivity (Wildman–Crippen MR) is 125 cm³/mol. The Morgan fingerprint density at radius 1 is 1.29 bits per heavy atom. The van der Waals surface area contributed by atoms with Gasteiger partial charge in [0.2, 0.25) is 0 Å². The maximum atomic E-state index is 12.1. The molecule has 0 atom stereocenters. The third kappa shape index (κ3) is 7.80. The van der Waals surface area contributed by atoms with Crippen molar-refractivity contribution in [1.29, 1.82) is 0 Å². The summed E-state index contributed by atoms with van der Waals surface area (Å²) in [5.41, 5.74) is 2.43. The average Bonchev–Trinajstić information content (AvgIpc) is 3.09. The maximum absolute atomic E-state index is 12.1. The van der Waals surface area contributed by atoms with Crippen LogP contribution in [0.3, 0.4) is 0 Å². The van der Waals surface area contributed by atoms with Crippen molar-refractivity contribution in [2.75, 3.05) is 52.5 Å². The molecule has 8 nitrogen and oxygen atoms in total. The van der Waals surface area contributed by atoms with Gasteiger partial charge in [-0.1, -0.05) is 0 Å². The van der Waals surface area contributed by atoms with Crippen LogP contribution in [0.1, 0.15) is 36.1 Å². The van der Waals surface area contributed by atoms with Crippen LogP contribution in [0, 0.1) is 6.92 Å². The second-order valence-corrected chi connectivity index (χ2v) is 7.91. The number of guanidine groups is 1. The van der Waals surface area contributed by atoms with E-state index in [0.717, 1.165) is 44.5 Å². The fourth-order valence-electron chi connectivity index (χ4n) is 2.84. The van der Waals surface area contributed by atoms with Gasteiger partial charge in [-0.3, -0.25) is 14.7 Å². The number of ether oxygens (including phenoxy) is 1. The lowest BCUT2D eigenvalue weighted by atomic mass is 10.0. The largest absolute Gasteiger partial charge is 0.379 e. The number of thiazole rings is 1. The Balaban J connectivity index is 0.00000392. The Hall–Kier alpha value is -0.980. The molecule has 28 heavy (non-hydrogen) atoms. The molecule has 0 aliphatic carbocycles. The van der Waals surface area contributed by atoms with Gasteiger partial charge in [-0.25, -0.2) is 4.98 Å². The van der Waals surface area contributed by atoms with Crippen molar-refractivity contribution >= 4 is 47.2 Å². The van der Waals surface area contributed by atoms with Crippen molar-refractivity contribution < 1.29 is 9.53 Å². The molecule has 10 heteroatoms. The van der Waals surface area contributed by atoms with E-state index in [4.69, 9.17) is 9.73 Å². The van der Waals surface area contributed by atoms with Crippen LogP contribution >= 0.6 is 35.3 Å². The fraction of sp³-hybridized carbons (Fsp3) is 0.722. The molecule has 1 fully saturated rings. The highest BCUT2D eigenvalue weighted by Crippen LogP contribution is 2.16. The Bertz CT molecular complexity index is 631. The minimum Gasteiger partial charge on any atom is -0.379 e. The molecule has 1 saturated heterocycles. The minimum absolute atomic E-state index is 0. The lowest BCUT2D eigenvalue weighted by molar-refractivity contribution is -0.00683. The van der Waals surface area contributed by atoms with Gasteiger partial charge in [-0.05, 0) is 27.7 Å². The molecule has 3 N–H and O–H groups in total. The minimum atomic E-state index is -0.0767. The summed E-state index contributed by atoms with van der Waals surface area (Å²) in [4.78, 5) is 24.0. The standard InChI is InChI=1S/C18H32N6O2S.HI/c1-5-19-17(22-12-18(3,4)24-8-10-26-11-9-24)21-7-6-20-16(25)15-14(2)23-13-27-15;/h13H,5-12H2,1-4H3,(H,20,25)(H2,19,21,22);1H. The molecule has 2 rings (SSSR count). The van der Waals surface area contributed by atoms with Crippen LogP contribution in [0.2, 0.25) is 0 Å². The Morgan fingerprint density at radius 3 is 2.57 bits per heavy atom. The van der Waals surface area contributed by atoms with E-state index in [-0.39, 0.29) is 35.4 Å². The molecule has 1 aromatic heterocycles. The van der Waals surface area contributed by atoms with Gasteiger partial charge < -0.3 is 20.7 Å². The molecule has 0 aromatic carbocycles. The van der Waals surface area contributed by atoms with E-state index in [2.05, 4.69) is 39.7 Å². The van der Waals surface area contributed by atoms with Crippen molar-refractivity contribution in [3.8, 4) is 0 Å². The van der Waals surface area contributed by atoms with E-state index in [0.29, 0.717) is 24.5 Å². The molecule has 0 bridgehead atoms. The van der Waals surface area contributed by atoms with Crippen LogP contribution in [-0.2, 0) is 4.74 Å². The second-order valence-electron chi connectivity index (χ2n) is 7.06. The van der Waals surface area contributed by atoms with Crippen molar-refractivity contribution in [3.63, 3.8) is 0 Å². The number of carbonyl (C=O) groups is 1. The molecule has 1 aliphatic rings. The number of hydrogen-bond donors (Lipinski definition) is 3. The van der Waals surface area contributed by atoms with Gasteiger partial charge in [0, 0.05) is 38.3 Å². The summed E-state index contributed by atoms with van der Waals surface area (Å²) in [6, 6.07) is 0. The van der Waals surface area contributed by atoms with E-state index >= 15 is 0 Å². The quantitative estimate of drug-likeness (QED) is 0.207. The van der Waals surface area contributed by atoms with Gasteiger partial charge in [0.15, 0.2) is 5.96 Å². The van der Waals surface area contributed by atoms with Gasteiger partial charge in [0.05, 0.1) is 31.0 Å². The zero-order valence-corrected chi connectivity index (χ0v) is 20.4. The number of carbonyl (C=O) groups excluding carboxylic acids is 1. The monoisotopic (exact) mass is 524 g/mol. The number of amides is 1. The van der Waals surface area contributed by atoms with Gasteiger partial charge in [-0.2, -0.15) is 0 Å². The van der Waals surface area contributed by atoms with E-state index in [1.54, 1.807) is 5.51 Å². The molecular formula is C18H33IN6O2S. The van der Waals surface area contributed by atoms with Crippen molar-refractivity contribution in [2.24, 2.45) is 4.99 Å². The Morgan fingerprint density at radius 2 is 1.96 bits per heavy atom. The number of nitrogens with zero attached hydrogens (tertiary/aromatic N) is 3. The lowest BCUT2D eigenvalue weighted by Crippen LogP contribution is -2.52. The van der Waals surface area contributed by atoms with E-state index < -0.39 is 0 Å². The summed E-state index contributed by atoms with van der Waals surface area (Å²) in [6.45, 7) is 14.4. The molecule has 1 aromatic rings. The highest BCUT2D eigenvalue weighted by Gasteiger charge is 2.28. The SMILES string of the molecule is CCNC(=NCC(C)(C)N1CCOCC1)NCCNC(=O)c1scnc1C.I. The van der Waals surface area contributed by atoms with Crippen LogP contribution in [0.25, 0.3) is 0 Å². The van der Waals surface area contributed by atoms with Crippen LogP contribution < -0.4 is 16.0 Å². The molecule has 0 spiro atoms. The molecule has 2 heterocycles. The Labute approximate surface area is 188 Å². The summed E-state index contributed by atoms with van der Waals surface area (Å²) >= 11 is 1.36. The first-order valence-electron chi connectivity index (χ1n) is 9.47. The first-order valence-corrected chi connectivity index (χ1v) is 10.3. The van der Waals surface area contributed by atoms with Gasteiger partial charge in [-0.15, -0.1) is 35.3 Å². The fourth-order valence-corrected chi connectivity index (χ4v) is 3.56. The van der Waals surface area contributed by atoms with E-state index in [1.165, 1.54) is 11.3 Å².